The van der Waals surface area contributed by atoms with Crippen molar-refractivity contribution in [3.8, 4) is 5.75 Å². The summed E-state index contributed by atoms with van der Waals surface area (Å²) in [4.78, 5) is 0. The highest BCUT2D eigenvalue weighted by Crippen LogP contribution is 2.18. The fraction of sp³-hybridized carbons (Fsp3) is 0.500. The molecule has 0 fully saturated rings. The van der Waals surface area contributed by atoms with Crippen molar-refractivity contribution in [1.82, 2.24) is 0 Å². The van der Waals surface area contributed by atoms with Gasteiger partial charge >= 0.3 is 0 Å². The van der Waals surface area contributed by atoms with Gasteiger partial charge in [0.2, 0.25) is 0 Å². The summed E-state index contributed by atoms with van der Waals surface area (Å²) in [6, 6.07) is 8.09. The van der Waals surface area contributed by atoms with Gasteiger partial charge in [0.05, 0.1) is 6.10 Å². The van der Waals surface area contributed by atoms with Gasteiger partial charge in [-0.3, -0.25) is 0 Å². The summed E-state index contributed by atoms with van der Waals surface area (Å²) >= 11 is 0. The third-order valence-electron chi connectivity index (χ3n) is 2.24. The number of nitrogens with two attached hydrogens (primary N) is 1. The molecule has 0 aliphatic carbocycles. The Labute approximate surface area is 86.1 Å². The highest BCUT2D eigenvalue weighted by molar-refractivity contribution is 5.31. The van der Waals surface area contributed by atoms with Gasteiger partial charge in [0, 0.05) is 0 Å². The summed E-state index contributed by atoms with van der Waals surface area (Å²) in [6.07, 6.45) is 2.29. The molecule has 0 amide bonds. The van der Waals surface area contributed by atoms with E-state index in [1.54, 1.807) is 0 Å². The average Bonchev–Trinajstić information content (AvgIpc) is 2.18. The van der Waals surface area contributed by atoms with Crippen molar-refractivity contribution < 1.29 is 4.74 Å². The molecule has 0 heterocycles. The first-order valence-electron chi connectivity index (χ1n) is 5.16. The lowest BCUT2D eigenvalue weighted by Gasteiger charge is -2.15. The van der Waals surface area contributed by atoms with E-state index in [9.17, 15) is 0 Å². The molecule has 2 nitrogen and oxygen atoms in total. The van der Waals surface area contributed by atoms with Gasteiger partial charge in [-0.15, -0.1) is 0 Å². The quantitative estimate of drug-likeness (QED) is 0.779. The van der Waals surface area contributed by atoms with Crippen LogP contribution in [-0.4, -0.2) is 12.6 Å². The van der Waals surface area contributed by atoms with Crippen molar-refractivity contribution in [2.24, 2.45) is 5.73 Å². The van der Waals surface area contributed by atoms with Crippen LogP contribution in [0.4, 0.5) is 0 Å². The van der Waals surface area contributed by atoms with Gasteiger partial charge in [-0.25, -0.2) is 0 Å². The molecule has 0 saturated heterocycles. The van der Waals surface area contributed by atoms with Crippen LogP contribution in [0.2, 0.25) is 0 Å². The van der Waals surface area contributed by atoms with E-state index in [0.717, 1.165) is 25.1 Å². The third kappa shape index (κ3) is 3.38. The molecule has 1 aromatic rings. The number of hydrogen-bond acceptors (Lipinski definition) is 2. The molecule has 0 bridgehead atoms. The first-order valence-corrected chi connectivity index (χ1v) is 5.16. The van der Waals surface area contributed by atoms with E-state index in [4.69, 9.17) is 10.5 Å². The van der Waals surface area contributed by atoms with Crippen molar-refractivity contribution in [3.63, 3.8) is 0 Å². The van der Waals surface area contributed by atoms with Crippen molar-refractivity contribution in [2.75, 3.05) is 6.54 Å². The molecule has 0 saturated carbocycles. The van der Waals surface area contributed by atoms with Crippen LogP contribution in [0.15, 0.2) is 24.3 Å². The van der Waals surface area contributed by atoms with Crippen LogP contribution in [0.3, 0.4) is 0 Å². The van der Waals surface area contributed by atoms with Gasteiger partial charge in [-0.05, 0) is 44.9 Å². The molecule has 2 N–H and O–H groups in total. The molecule has 1 unspecified atom stereocenters. The van der Waals surface area contributed by atoms with Crippen LogP contribution >= 0.6 is 0 Å². The number of rotatable bonds is 5. The van der Waals surface area contributed by atoms with Crippen LogP contribution in [0.5, 0.6) is 5.75 Å². The van der Waals surface area contributed by atoms with E-state index >= 15 is 0 Å². The van der Waals surface area contributed by atoms with E-state index in [1.807, 2.05) is 18.2 Å². The molecule has 78 valence electrons. The van der Waals surface area contributed by atoms with Crippen molar-refractivity contribution in [2.45, 2.75) is 32.8 Å². The average molecular weight is 193 g/mol. The van der Waals surface area contributed by atoms with Crippen LogP contribution in [0.1, 0.15) is 25.3 Å². The van der Waals surface area contributed by atoms with E-state index in [2.05, 4.69) is 19.9 Å². The lowest BCUT2D eigenvalue weighted by molar-refractivity contribution is 0.207. The lowest BCUT2D eigenvalue weighted by Crippen LogP contribution is -2.14. The minimum Gasteiger partial charge on any atom is -0.490 e. The summed E-state index contributed by atoms with van der Waals surface area (Å²) in [6.45, 7) is 4.88. The molecular weight excluding hydrogens is 174 g/mol. The molecule has 0 aliphatic heterocycles. The maximum absolute atomic E-state index is 5.79. The molecule has 0 aromatic heterocycles. The second-order valence-corrected chi connectivity index (χ2v) is 3.62. The highest BCUT2D eigenvalue weighted by atomic mass is 16.5. The first-order chi connectivity index (χ1) is 6.74. The summed E-state index contributed by atoms with van der Waals surface area (Å²) in [7, 11) is 0. The van der Waals surface area contributed by atoms with E-state index in [0.29, 0.717) is 0 Å². The Morgan fingerprint density at radius 3 is 2.71 bits per heavy atom. The molecule has 0 spiro atoms. The molecule has 0 radical (unpaired) electrons. The van der Waals surface area contributed by atoms with Crippen molar-refractivity contribution in [3.05, 3.63) is 29.8 Å². The number of hydrogen-bond donors (Lipinski definition) is 1. The maximum atomic E-state index is 5.79. The van der Waals surface area contributed by atoms with Gasteiger partial charge < -0.3 is 10.5 Å². The predicted octanol–water partition coefficient (Wildman–Crippen LogP) is 2.50. The Balaban J connectivity index is 2.47. The van der Waals surface area contributed by atoms with Gasteiger partial charge in [-0.1, -0.05) is 18.2 Å². The molecule has 1 rings (SSSR count). The fourth-order valence-corrected chi connectivity index (χ4v) is 1.37. The minimum absolute atomic E-state index is 0.250. The fourth-order valence-electron chi connectivity index (χ4n) is 1.37. The second-order valence-electron chi connectivity index (χ2n) is 3.62. The van der Waals surface area contributed by atoms with Gasteiger partial charge in [0.15, 0.2) is 0 Å². The van der Waals surface area contributed by atoms with Crippen LogP contribution < -0.4 is 10.5 Å². The summed E-state index contributed by atoms with van der Waals surface area (Å²) in [5.74, 6) is 0.983. The Hall–Kier alpha value is -1.02. The zero-order valence-electron chi connectivity index (χ0n) is 8.99. The largest absolute Gasteiger partial charge is 0.490 e. The number of aryl methyl sites for hydroxylation is 1. The molecule has 1 aromatic carbocycles. The van der Waals surface area contributed by atoms with E-state index < -0.39 is 0 Å². The van der Waals surface area contributed by atoms with Crippen LogP contribution in [-0.2, 0) is 0 Å². The van der Waals surface area contributed by atoms with Gasteiger partial charge in [0.1, 0.15) is 5.75 Å². The summed E-state index contributed by atoms with van der Waals surface area (Å²) in [5.41, 5.74) is 6.63. The molecule has 0 aliphatic rings. The molecule has 1 atom stereocenters. The normalized spacial score (nSPS) is 12.5. The standard InChI is InChI=1S/C12H19NO/c1-10-6-3-4-8-12(10)14-11(2)7-5-9-13/h3-4,6,8,11H,5,7,9,13H2,1-2H3. The number of benzene rings is 1. The van der Waals surface area contributed by atoms with Crippen molar-refractivity contribution in [1.29, 1.82) is 0 Å². The molecule has 2 heteroatoms. The van der Waals surface area contributed by atoms with Crippen molar-refractivity contribution >= 4 is 0 Å². The van der Waals surface area contributed by atoms with Gasteiger partial charge in [0.25, 0.3) is 0 Å². The van der Waals surface area contributed by atoms with Crippen LogP contribution in [0.25, 0.3) is 0 Å². The van der Waals surface area contributed by atoms with E-state index in [1.165, 1.54) is 5.56 Å². The van der Waals surface area contributed by atoms with Gasteiger partial charge in [-0.2, -0.15) is 0 Å². The monoisotopic (exact) mass is 193 g/mol. The Morgan fingerprint density at radius 2 is 2.07 bits per heavy atom. The Bertz CT molecular complexity index is 273. The highest BCUT2D eigenvalue weighted by Gasteiger charge is 2.04. The maximum Gasteiger partial charge on any atom is 0.122 e. The summed E-state index contributed by atoms with van der Waals surface area (Å²) in [5, 5.41) is 0. The SMILES string of the molecule is Cc1ccccc1OC(C)CCCN. The topological polar surface area (TPSA) is 35.2 Å². The first kappa shape index (κ1) is 11.1. The number of para-hydroxylation sites is 1. The molecular formula is C12H19NO. The zero-order chi connectivity index (χ0) is 10.4. The molecule has 14 heavy (non-hydrogen) atoms. The second kappa shape index (κ2) is 5.66. The third-order valence-corrected chi connectivity index (χ3v) is 2.24. The van der Waals surface area contributed by atoms with Crippen LogP contribution in [0, 0.1) is 6.92 Å². The summed E-state index contributed by atoms with van der Waals surface area (Å²) < 4.78 is 5.79. The minimum atomic E-state index is 0.250. The number of ether oxygens (including phenoxy) is 1. The zero-order valence-corrected chi connectivity index (χ0v) is 8.99. The Kier molecular flexibility index (Phi) is 4.47. The smallest absolute Gasteiger partial charge is 0.122 e. The Morgan fingerprint density at radius 1 is 1.36 bits per heavy atom. The lowest BCUT2D eigenvalue weighted by atomic mass is 10.2. The van der Waals surface area contributed by atoms with E-state index in [-0.39, 0.29) is 6.10 Å². The predicted molar refractivity (Wildman–Crippen MR) is 59.6 cm³/mol.